The van der Waals surface area contributed by atoms with E-state index in [9.17, 15) is 4.79 Å². The molecule has 0 aromatic heterocycles. The molecule has 1 heterocycles. The summed E-state index contributed by atoms with van der Waals surface area (Å²) in [4.78, 5) is 15.3. The second-order valence-corrected chi connectivity index (χ2v) is 10.4. The van der Waals surface area contributed by atoms with Gasteiger partial charge in [0.25, 0.3) is 5.91 Å². The zero-order valence-electron chi connectivity index (χ0n) is 18.7. The Morgan fingerprint density at radius 1 is 1.38 bits per heavy atom. The van der Waals surface area contributed by atoms with Crippen molar-refractivity contribution in [3.05, 3.63) is 36.4 Å². The molecular formula is C24H38N2O2S. The molecule has 1 amide bonds. The molecule has 1 aromatic rings. The monoisotopic (exact) mass is 418 g/mol. The predicted octanol–water partition coefficient (Wildman–Crippen LogP) is 5.51. The van der Waals surface area contributed by atoms with Gasteiger partial charge in [0, 0.05) is 29.8 Å². The third-order valence-corrected chi connectivity index (χ3v) is 7.74. The van der Waals surface area contributed by atoms with Crippen LogP contribution in [0.1, 0.15) is 57.8 Å². The summed E-state index contributed by atoms with van der Waals surface area (Å²) in [7, 11) is -0.414. The van der Waals surface area contributed by atoms with Crippen LogP contribution in [-0.2, 0) is 0 Å². The Hall–Kier alpha value is -1.75. The number of nitrogens with zero attached hydrogens (tertiary/aromatic N) is 1. The van der Waals surface area contributed by atoms with Crippen LogP contribution in [-0.4, -0.2) is 36.7 Å². The topological polar surface area (TPSA) is 41.6 Å². The van der Waals surface area contributed by atoms with Gasteiger partial charge in [-0.3, -0.25) is 4.79 Å². The fourth-order valence-corrected chi connectivity index (χ4v) is 4.55. The van der Waals surface area contributed by atoms with Crippen molar-refractivity contribution in [2.45, 2.75) is 52.7 Å². The lowest BCUT2D eigenvalue weighted by Crippen LogP contribution is -2.33. The van der Waals surface area contributed by atoms with Crippen LogP contribution in [0.4, 0.5) is 5.69 Å². The van der Waals surface area contributed by atoms with Crippen molar-refractivity contribution in [1.82, 2.24) is 4.72 Å². The zero-order valence-corrected chi connectivity index (χ0v) is 19.6. The second kappa shape index (κ2) is 10.9. The van der Waals surface area contributed by atoms with Crippen molar-refractivity contribution < 1.29 is 9.53 Å². The molecule has 4 nitrogen and oxygen atoms in total. The van der Waals surface area contributed by atoms with E-state index in [4.69, 9.17) is 4.74 Å². The lowest BCUT2D eigenvalue weighted by atomic mass is 10.0. The lowest BCUT2D eigenvalue weighted by Gasteiger charge is -2.29. The van der Waals surface area contributed by atoms with E-state index in [0.29, 0.717) is 35.2 Å². The average Bonchev–Trinajstić information content (AvgIpc) is 2.86. The molecule has 0 bridgehead atoms. The van der Waals surface area contributed by atoms with Gasteiger partial charge in [-0.25, -0.2) is 0 Å². The first-order valence-electron chi connectivity index (χ1n) is 10.7. The summed E-state index contributed by atoms with van der Waals surface area (Å²) in [6.45, 7) is 17.4. The fourth-order valence-electron chi connectivity index (χ4n) is 3.35. The molecule has 0 saturated carbocycles. The maximum atomic E-state index is 12.9. The van der Waals surface area contributed by atoms with Gasteiger partial charge in [0.15, 0.2) is 0 Å². The number of anilines is 1. The highest BCUT2D eigenvalue weighted by molar-refractivity contribution is 8.13. The Morgan fingerprint density at radius 3 is 2.72 bits per heavy atom. The van der Waals surface area contributed by atoms with Gasteiger partial charge in [0.1, 0.15) is 5.75 Å². The van der Waals surface area contributed by atoms with Crippen molar-refractivity contribution in [3.63, 3.8) is 0 Å². The number of carbonyl (C=O) groups is 1. The number of allylic oxidation sites excluding steroid dienone is 1. The number of carbonyl (C=O) groups excluding carboxylic acids is 1. The highest BCUT2D eigenvalue weighted by atomic mass is 32.2. The largest absolute Gasteiger partial charge is 0.491 e. The molecule has 0 aliphatic carbocycles. The highest BCUT2D eigenvalue weighted by Gasteiger charge is 2.25. The molecule has 5 heteroatoms. The van der Waals surface area contributed by atoms with E-state index in [2.05, 4.69) is 56.7 Å². The average molecular weight is 419 g/mol. The summed E-state index contributed by atoms with van der Waals surface area (Å²) in [5, 5.41) is 0.338. The molecule has 162 valence electrons. The molecule has 4 atom stereocenters. The summed E-state index contributed by atoms with van der Waals surface area (Å²) in [6, 6.07) is 5.79. The first-order valence-corrected chi connectivity index (χ1v) is 12.2. The minimum atomic E-state index is -0.414. The summed E-state index contributed by atoms with van der Waals surface area (Å²) in [5.41, 5.74) is 1.69. The number of fused-ring (bicyclic) bond motifs is 1. The maximum absolute atomic E-state index is 12.9. The van der Waals surface area contributed by atoms with Gasteiger partial charge < -0.3 is 14.4 Å². The van der Waals surface area contributed by atoms with Crippen molar-refractivity contribution in [2.75, 3.05) is 24.6 Å². The van der Waals surface area contributed by atoms with Crippen molar-refractivity contribution in [3.8, 4) is 5.75 Å². The van der Waals surface area contributed by atoms with Crippen LogP contribution >= 0.6 is 10.7 Å². The van der Waals surface area contributed by atoms with Crippen molar-refractivity contribution in [2.24, 2.45) is 17.8 Å². The van der Waals surface area contributed by atoms with Crippen LogP contribution in [0.25, 0.3) is 0 Å². The minimum Gasteiger partial charge on any atom is -0.491 e. The summed E-state index contributed by atoms with van der Waals surface area (Å²) in [5.74, 6) is 6.42. The lowest BCUT2D eigenvalue weighted by molar-refractivity contribution is 0.0984. The van der Waals surface area contributed by atoms with Crippen LogP contribution in [0, 0.1) is 17.8 Å². The van der Waals surface area contributed by atoms with Crippen LogP contribution in [0.15, 0.2) is 30.9 Å². The fraction of sp³-hybridized carbons (Fsp3) is 0.583. The number of ether oxygens (including phenoxy) is 1. The SMILES string of the molecule is C=CCC1COc2ccc(C(=O)NS(=C)C(C)C(C)C)cc2N(CC(C)CC)C1. The third-order valence-electron chi connectivity index (χ3n) is 5.86. The molecule has 0 saturated heterocycles. The minimum absolute atomic E-state index is 0.0611. The zero-order chi connectivity index (χ0) is 21.6. The number of amides is 1. The van der Waals surface area contributed by atoms with E-state index in [1.807, 2.05) is 24.3 Å². The van der Waals surface area contributed by atoms with Gasteiger partial charge in [-0.15, -0.1) is 6.58 Å². The van der Waals surface area contributed by atoms with E-state index in [0.717, 1.165) is 37.4 Å². The molecule has 1 aliphatic rings. The van der Waals surface area contributed by atoms with Gasteiger partial charge in [0.2, 0.25) is 0 Å². The van der Waals surface area contributed by atoms with Crippen molar-refractivity contribution in [1.29, 1.82) is 0 Å². The molecule has 0 fully saturated rings. The number of hydrogen-bond donors (Lipinski definition) is 1. The number of nitrogens with one attached hydrogen (secondary N) is 1. The molecule has 2 rings (SSSR count). The van der Waals surface area contributed by atoms with Gasteiger partial charge in [0.05, 0.1) is 12.3 Å². The van der Waals surface area contributed by atoms with Crippen LogP contribution in [0.3, 0.4) is 0 Å². The predicted molar refractivity (Wildman–Crippen MR) is 128 cm³/mol. The first-order chi connectivity index (χ1) is 13.8. The summed E-state index contributed by atoms with van der Waals surface area (Å²) >= 11 is 0. The molecular weight excluding hydrogens is 380 g/mol. The van der Waals surface area contributed by atoms with Crippen LogP contribution in [0.5, 0.6) is 5.75 Å². The normalized spacial score (nSPS) is 19.5. The van der Waals surface area contributed by atoms with E-state index < -0.39 is 10.7 Å². The van der Waals surface area contributed by atoms with Crippen LogP contribution < -0.4 is 14.4 Å². The quantitative estimate of drug-likeness (QED) is 0.424. The maximum Gasteiger partial charge on any atom is 0.260 e. The molecule has 0 radical (unpaired) electrons. The molecule has 4 unspecified atom stereocenters. The van der Waals surface area contributed by atoms with E-state index in [1.54, 1.807) is 0 Å². The first kappa shape index (κ1) is 23.5. The second-order valence-electron chi connectivity index (χ2n) is 8.61. The Labute approximate surface area is 179 Å². The number of benzene rings is 1. The number of hydrogen-bond acceptors (Lipinski definition) is 3. The third kappa shape index (κ3) is 6.36. The van der Waals surface area contributed by atoms with Gasteiger partial charge >= 0.3 is 0 Å². The molecule has 1 aliphatic heterocycles. The van der Waals surface area contributed by atoms with Crippen LogP contribution in [0.2, 0.25) is 0 Å². The van der Waals surface area contributed by atoms with Gasteiger partial charge in [-0.2, -0.15) is 0 Å². The Balaban J connectivity index is 2.28. The van der Waals surface area contributed by atoms with E-state index in [1.165, 1.54) is 0 Å². The van der Waals surface area contributed by atoms with Gasteiger partial charge in [-0.05, 0) is 36.5 Å². The van der Waals surface area contributed by atoms with Gasteiger partial charge in [-0.1, -0.05) is 63.7 Å². The Morgan fingerprint density at radius 2 is 2.10 bits per heavy atom. The Kier molecular flexibility index (Phi) is 8.81. The summed E-state index contributed by atoms with van der Waals surface area (Å²) in [6.07, 6.45) is 4.02. The molecule has 1 N–H and O–H groups in total. The summed E-state index contributed by atoms with van der Waals surface area (Å²) < 4.78 is 9.21. The smallest absolute Gasteiger partial charge is 0.260 e. The molecule has 0 spiro atoms. The van der Waals surface area contributed by atoms with E-state index >= 15 is 0 Å². The van der Waals surface area contributed by atoms with E-state index in [-0.39, 0.29) is 5.91 Å². The molecule has 29 heavy (non-hydrogen) atoms. The standard InChI is InChI=1S/C24H38N2O2S/c1-8-10-20-15-26(14-18(5)9-2)22-13-21(11-12-23(22)28-16-20)24(27)25-29(7)19(6)17(3)4/h8,11-13,17-20H,1,7,9-10,14-16H2,2-6H3,(H,25,27). The van der Waals surface area contributed by atoms with Crippen molar-refractivity contribution >= 4 is 28.1 Å². The highest BCUT2D eigenvalue weighted by Crippen LogP contribution is 2.35. The number of rotatable bonds is 9. The molecule has 1 aromatic carbocycles. The Bertz CT molecular complexity index is 732.